The second-order valence-corrected chi connectivity index (χ2v) is 8.66. The van der Waals surface area contributed by atoms with Crippen LogP contribution in [0.1, 0.15) is 20.1 Å². The van der Waals surface area contributed by atoms with Crippen LogP contribution in [0.15, 0.2) is 17.1 Å². The number of alkyl halides is 5. The van der Waals surface area contributed by atoms with E-state index in [9.17, 15) is 32.3 Å². The van der Waals surface area contributed by atoms with Crippen molar-refractivity contribution in [3.05, 3.63) is 22.7 Å². The lowest BCUT2D eigenvalue weighted by Gasteiger charge is -2.22. The number of rotatable bonds is 7. The first-order chi connectivity index (χ1) is 15.7. The van der Waals surface area contributed by atoms with Crippen LogP contribution in [0.4, 0.5) is 23.8 Å². The molecule has 0 spiro atoms. The Morgan fingerprint density at radius 3 is 2.47 bits per heavy atom. The van der Waals surface area contributed by atoms with Crippen LogP contribution in [0.3, 0.4) is 0 Å². The second kappa shape index (κ2) is 9.46. The van der Waals surface area contributed by atoms with E-state index in [2.05, 4.69) is 15.2 Å². The molecule has 0 amide bonds. The molecule has 34 heavy (non-hydrogen) atoms. The van der Waals surface area contributed by atoms with Crippen molar-refractivity contribution in [3.8, 4) is 0 Å². The summed E-state index contributed by atoms with van der Waals surface area (Å²) in [4.78, 5) is 55.7. The number of carbonyl (C=O) groups excluding carboxylic acids is 3. The van der Waals surface area contributed by atoms with Crippen molar-refractivity contribution >= 4 is 47.1 Å². The second-order valence-electron chi connectivity index (χ2n) is 7.33. The molecule has 12 nitrogen and oxygen atoms in total. The SMILES string of the molecule is CC(C)C(=O)ONc1ccn([C@@H]2O[C@H](COC(=O)C(Cl)(Cl)C(F)(F)F)[C@H]3OC(=O)O[C@H]32)c(=O)n1. The molecular formula is C17H16Cl2F3N3O9. The smallest absolute Gasteiger partial charge is 0.460 e. The first-order valence-electron chi connectivity index (χ1n) is 9.42. The number of ether oxygens (including phenoxy) is 4. The fourth-order valence-electron chi connectivity index (χ4n) is 2.83. The molecule has 2 aliphatic heterocycles. The van der Waals surface area contributed by atoms with E-state index in [1.54, 1.807) is 13.8 Å². The Morgan fingerprint density at radius 2 is 1.88 bits per heavy atom. The summed E-state index contributed by atoms with van der Waals surface area (Å²) < 4.78 is 55.3. The summed E-state index contributed by atoms with van der Waals surface area (Å²) in [5.41, 5.74) is 1.27. The maximum atomic E-state index is 12.8. The largest absolute Gasteiger partial charge is 0.509 e. The summed E-state index contributed by atoms with van der Waals surface area (Å²) in [5.74, 6) is -3.20. The topological polar surface area (TPSA) is 144 Å². The van der Waals surface area contributed by atoms with Crippen LogP contribution >= 0.6 is 23.2 Å². The van der Waals surface area contributed by atoms with Gasteiger partial charge < -0.3 is 23.8 Å². The highest BCUT2D eigenvalue weighted by atomic mass is 35.5. The first-order valence-corrected chi connectivity index (χ1v) is 10.2. The quantitative estimate of drug-likeness (QED) is 0.237. The number of hydrogen-bond acceptors (Lipinski definition) is 11. The molecule has 0 aliphatic carbocycles. The molecule has 0 radical (unpaired) electrons. The highest BCUT2D eigenvalue weighted by molar-refractivity contribution is 6.58. The van der Waals surface area contributed by atoms with Gasteiger partial charge in [0.2, 0.25) is 0 Å². The van der Waals surface area contributed by atoms with Gasteiger partial charge in [0.05, 0.1) is 5.92 Å². The lowest BCUT2D eigenvalue weighted by atomic mass is 10.1. The van der Waals surface area contributed by atoms with Crippen molar-refractivity contribution < 1.29 is 51.3 Å². The van der Waals surface area contributed by atoms with Gasteiger partial charge in [0.15, 0.2) is 24.3 Å². The Hall–Kier alpha value is -2.78. The third-order valence-electron chi connectivity index (χ3n) is 4.57. The molecule has 1 aromatic heterocycles. The lowest BCUT2D eigenvalue weighted by Crippen LogP contribution is -2.44. The molecule has 17 heteroatoms. The number of nitrogens with one attached hydrogen (secondary N) is 1. The van der Waals surface area contributed by atoms with Crippen LogP contribution in [0.25, 0.3) is 0 Å². The maximum absolute atomic E-state index is 12.8. The van der Waals surface area contributed by atoms with Crippen LogP contribution in [0.2, 0.25) is 0 Å². The van der Waals surface area contributed by atoms with E-state index in [0.717, 1.165) is 10.8 Å². The van der Waals surface area contributed by atoms with Crippen LogP contribution < -0.4 is 11.2 Å². The highest BCUT2D eigenvalue weighted by Gasteiger charge is 2.61. The van der Waals surface area contributed by atoms with Crippen molar-refractivity contribution in [1.82, 2.24) is 9.55 Å². The van der Waals surface area contributed by atoms with E-state index in [0.29, 0.717) is 0 Å². The minimum Gasteiger partial charge on any atom is -0.460 e. The van der Waals surface area contributed by atoms with Gasteiger partial charge >= 0.3 is 34.3 Å². The molecule has 0 aromatic carbocycles. The minimum absolute atomic E-state index is 0.123. The Morgan fingerprint density at radius 1 is 1.24 bits per heavy atom. The summed E-state index contributed by atoms with van der Waals surface area (Å²) in [6.45, 7) is 2.31. The average Bonchev–Trinajstić information content (AvgIpc) is 3.27. The number of fused-ring (bicyclic) bond motifs is 1. The van der Waals surface area contributed by atoms with Crippen LogP contribution in [0.5, 0.6) is 0 Å². The highest BCUT2D eigenvalue weighted by Crippen LogP contribution is 2.42. The summed E-state index contributed by atoms with van der Waals surface area (Å²) in [6.07, 6.45) is -10.4. The van der Waals surface area contributed by atoms with Crippen molar-refractivity contribution in [2.45, 2.75) is 48.9 Å². The summed E-state index contributed by atoms with van der Waals surface area (Å²) in [7, 11) is 0. The standard InChI is InChI=1S/C17H16Cl2F3N3O9/c1-6(2)12(26)34-24-8-3-4-25(14(28)23-8)11-10-9(32-15(29)33-10)7(31-11)5-30-13(27)16(18,19)17(20,21)22/h3-4,6-7,9-11H,5H2,1-2H3,(H,23,24,28)/t7-,9-,10-,11-/m1/s1. The molecule has 2 aliphatic rings. The number of hydrogen-bond donors (Lipinski definition) is 1. The number of carbonyl (C=O) groups is 3. The Labute approximate surface area is 198 Å². The molecule has 0 bridgehead atoms. The maximum Gasteiger partial charge on any atom is 0.509 e. The van der Waals surface area contributed by atoms with E-state index in [4.69, 9.17) is 42.3 Å². The molecule has 1 N–H and O–H groups in total. The fourth-order valence-corrected chi connectivity index (χ4v) is 2.94. The molecular weight excluding hydrogens is 518 g/mol. The summed E-state index contributed by atoms with van der Waals surface area (Å²) >= 11 is 10.1. The molecule has 0 saturated carbocycles. The Kier molecular flexibility index (Phi) is 7.19. The van der Waals surface area contributed by atoms with E-state index in [1.165, 1.54) is 6.07 Å². The van der Waals surface area contributed by atoms with Gasteiger partial charge in [-0.15, -0.1) is 0 Å². The van der Waals surface area contributed by atoms with Crippen molar-refractivity contribution in [1.29, 1.82) is 0 Å². The molecule has 2 saturated heterocycles. The zero-order chi connectivity index (χ0) is 25.4. The van der Waals surface area contributed by atoms with Gasteiger partial charge in [-0.25, -0.2) is 24.7 Å². The van der Waals surface area contributed by atoms with Gasteiger partial charge in [-0.2, -0.15) is 18.2 Å². The van der Waals surface area contributed by atoms with Gasteiger partial charge in [-0.05, 0) is 0 Å². The van der Waals surface area contributed by atoms with Gasteiger partial charge in [0.25, 0.3) is 0 Å². The van der Waals surface area contributed by atoms with E-state index < -0.39 is 71.4 Å². The molecule has 1 aromatic rings. The predicted octanol–water partition coefficient (Wildman–Crippen LogP) is 1.85. The van der Waals surface area contributed by atoms with E-state index in [-0.39, 0.29) is 5.82 Å². The van der Waals surface area contributed by atoms with Gasteiger partial charge in [-0.1, -0.05) is 37.0 Å². The fraction of sp³-hybridized carbons (Fsp3) is 0.588. The van der Waals surface area contributed by atoms with Crippen LogP contribution in [0, 0.1) is 5.92 Å². The monoisotopic (exact) mass is 533 g/mol. The molecule has 4 atom stereocenters. The van der Waals surface area contributed by atoms with E-state index >= 15 is 0 Å². The summed E-state index contributed by atoms with van der Waals surface area (Å²) in [5, 5.41) is 0. The van der Waals surface area contributed by atoms with E-state index in [1.807, 2.05) is 0 Å². The molecule has 3 heterocycles. The third kappa shape index (κ3) is 5.15. The normalized spacial score (nSPS) is 24.3. The number of esters is 1. The lowest BCUT2D eigenvalue weighted by molar-refractivity contribution is -0.179. The average molecular weight is 534 g/mol. The van der Waals surface area contributed by atoms with Crippen molar-refractivity contribution in [3.63, 3.8) is 0 Å². The Balaban J connectivity index is 1.72. The third-order valence-corrected chi connectivity index (χ3v) is 5.31. The molecule has 2 fully saturated rings. The van der Waals surface area contributed by atoms with Gasteiger partial charge in [-0.3, -0.25) is 4.57 Å². The number of aromatic nitrogens is 2. The van der Waals surface area contributed by atoms with Gasteiger partial charge in [0.1, 0.15) is 12.7 Å². The number of anilines is 1. The first kappa shape index (κ1) is 25.8. The molecule has 0 unspecified atom stereocenters. The van der Waals surface area contributed by atoms with Gasteiger partial charge in [0, 0.05) is 12.3 Å². The molecule has 188 valence electrons. The van der Waals surface area contributed by atoms with Crippen LogP contribution in [-0.4, -0.2) is 63.1 Å². The number of halogens is 5. The van der Waals surface area contributed by atoms with Crippen molar-refractivity contribution in [2.24, 2.45) is 5.92 Å². The minimum atomic E-state index is -5.32. The summed E-state index contributed by atoms with van der Waals surface area (Å²) in [6, 6.07) is 1.23. The zero-order valence-corrected chi connectivity index (χ0v) is 18.7. The van der Waals surface area contributed by atoms with Crippen LogP contribution in [-0.2, 0) is 33.4 Å². The Bertz CT molecular complexity index is 1030. The number of nitrogens with zero attached hydrogens (tertiary/aromatic N) is 2. The molecule has 3 rings (SSSR count). The predicted molar refractivity (Wildman–Crippen MR) is 104 cm³/mol. The van der Waals surface area contributed by atoms with Crippen molar-refractivity contribution in [2.75, 3.05) is 12.1 Å². The zero-order valence-electron chi connectivity index (χ0n) is 17.2.